The number of hydrogen-bond acceptors (Lipinski definition) is 4. The van der Waals surface area contributed by atoms with Crippen LogP contribution < -0.4 is 14.9 Å². The summed E-state index contributed by atoms with van der Waals surface area (Å²) in [7, 11) is -3.22. The van der Waals surface area contributed by atoms with E-state index in [4.69, 9.17) is 0 Å². The Labute approximate surface area is 118 Å². The van der Waals surface area contributed by atoms with Gasteiger partial charge in [-0.3, -0.25) is 9.10 Å². The Morgan fingerprint density at radius 2 is 2.15 bits per heavy atom. The molecule has 2 heterocycles. The molecular formula is C13H17N3O3S. The number of nitrogens with one attached hydrogen (secondary N) is 2. The Morgan fingerprint density at radius 1 is 1.40 bits per heavy atom. The van der Waals surface area contributed by atoms with Crippen molar-refractivity contribution >= 4 is 27.3 Å². The van der Waals surface area contributed by atoms with Crippen LogP contribution in [0.5, 0.6) is 0 Å². The molecule has 20 heavy (non-hydrogen) atoms. The van der Waals surface area contributed by atoms with Crippen molar-refractivity contribution < 1.29 is 13.2 Å². The van der Waals surface area contributed by atoms with Gasteiger partial charge < -0.3 is 10.6 Å². The molecule has 2 aliphatic rings. The smallest absolute Gasteiger partial charge is 0.232 e. The molecule has 0 spiro atoms. The lowest BCUT2D eigenvalue weighted by molar-refractivity contribution is -0.121. The fourth-order valence-corrected chi connectivity index (χ4v) is 3.47. The first kappa shape index (κ1) is 13.4. The minimum Gasteiger partial charge on any atom is -0.326 e. The number of benzene rings is 1. The van der Waals surface area contributed by atoms with Gasteiger partial charge in [0.15, 0.2) is 0 Å². The van der Waals surface area contributed by atoms with Crippen LogP contribution in [0.2, 0.25) is 0 Å². The highest BCUT2D eigenvalue weighted by Gasteiger charge is 2.27. The van der Waals surface area contributed by atoms with Crippen molar-refractivity contribution in [2.24, 2.45) is 5.92 Å². The summed E-state index contributed by atoms with van der Waals surface area (Å²) in [5.74, 6) is 0.0532. The first-order chi connectivity index (χ1) is 9.45. The number of hydrogen-bond donors (Lipinski definition) is 2. The summed E-state index contributed by atoms with van der Waals surface area (Å²) in [6.45, 7) is 1.91. The Bertz CT molecular complexity index is 653. The lowest BCUT2D eigenvalue weighted by atomic mass is 10.0. The monoisotopic (exact) mass is 295 g/mol. The maximum absolute atomic E-state index is 11.9. The van der Waals surface area contributed by atoms with Gasteiger partial charge in [-0.25, -0.2) is 8.42 Å². The third-order valence-electron chi connectivity index (χ3n) is 3.75. The van der Waals surface area contributed by atoms with Crippen molar-refractivity contribution in [3.8, 4) is 0 Å². The summed E-state index contributed by atoms with van der Waals surface area (Å²) in [6.07, 6.45) is 1.89. The molecule has 0 aromatic heterocycles. The number of nitrogens with zero attached hydrogens (tertiary/aromatic N) is 1. The van der Waals surface area contributed by atoms with E-state index in [1.165, 1.54) is 10.6 Å². The SMILES string of the molecule is CS(=O)(=O)N1CCc2cc(NC(=O)C3CNC3)ccc21. The molecule has 108 valence electrons. The van der Waals surface area contributed by atoms with Gasteiger partial charge >= 0.3 is 0 Å². The zero-order valence-corrected chi connectivity index (χ0v) is 12.0. The molecule has 2 aliphatic heterocycles. The van der Waals surface area contributed by atoms with Crippen molar-refractivity contribution in [1.82, 2.24) is 5.32 Å². The highest BCUT2D eigenvalue weighted by Crippen LogP contribution is 2.32. The molecule has 1 fully saturated rings. The van der Waals surface area contributed by atoms with Crippen molar-refractivity contribution in [3.63, 3.8) is 0 Å². The van der Waals surface area contributed by atoms with Crippen LogP contribution in [-0.2, 0) is 21.2 Å². The molecule has 1 amide bonds. The molecule has 0 atom stereocenters. The van der Waals surface area contributed by atoms with Gasteiger partial charge in [0, 0.05) is 25.3 Å². The molecule has 2 N–H and O–H groups in total. The van der Waals surface area contributed by atoms with Crippen LogP contribution in [0.15, 0.2) is 18.2 Å². The molecule has 1 saturated heterocycles. The van der Waals surface area contributed by atoms with Gasteiger partial charge in [0.2, 0.25) is 15.9 Å². The molecule has 6 nitrogen and oxygen atoms in total. The lowest BCUT2D eigenvalue weighted by Gasteiger charge is -2.25. The molecule has 7 heteroatoms. The Balaban J connectivity index is 1.79. The highest BCUT2D eigenvalue weighted by atomic mass is 32.2. The molecule has 0 bridgehead atoms. The normalized spacial score (nSPS) is 18.6. The number of amides is 1. The first-order valence-electron chi connectivity index (χ1n) is 6.57. The van der Waals surface area contributed by atoms with Gasteiger partial charge in [0.1, 0.15) is 0 Å². The van der Waals surface area contributed by atoms with Crippen LogP contribution in [0, 0.1) is 5.92 Å². The van der Waals surface area contributed by atoms with Crippen molar-refractivity contribution in [1.29, 1.82) is 0 Å². The quantitative estimate of drug-likeness (QED) is 0.833. The lowest BCUT2D eigenvalue weighted by Crippen LogP contribution is -2.48. The van der Waals surface area contributed by atoms with Crippen LogP contribution in [0.3, 0.4) is 0 Å². The number of carbonyl (C=O) groups is 1. The van der Waals surface area contributed by atoms with E-state index in [-0.39, 0.29) is 11.8 Å². The molecule has 3 rings (SSSR count). The Hall–Kier alpha value is -1.60. The second kappa shape index (κ2) is 4.75. The van der Waals surface area contributed by atoms with Gasteiger partial charge in [-0.2, -0.15) is 0 Å². The average molecular weight is 295 g/mol. The second-order valence-corrected chi connectivity index (χ2v) is 7.18. The number of sulfonamides is 1. The van der Waals surface area contributed by atoms with Crippen LogP contribution in [-0.4, -0.2) is 40.2 Å². The second-order valence-electron chi connectivity index (χ2n) is 5.27. The summed E-state index contributed by atoms with van der Waals surface area (Å²) < 4.78 is 24.7. The van der Waals surface area contributed by atoms with Gasteiger partial charge in [0.25, 0.3) is 0 Å². The third kappa shape index (κ3) is 2.38. The topological polar surface area (TPSA) is 78.5 Å². The van der Waals surface area contributed by atoms with E-state index in [9.17, 15) is 13.2 Å². The Kier molecular flexibility index (Phi) is 3.18. The predicted molar refractivity (Wildman–Crippen MR) is 77.3 cm³/mol. The molecule has 0 radical (unpaired) electrons. The van der Waals surface area contributed by atoms with Crippen molar-refractivity contribution in [2.75, 3.05) is 35.5 Å². The summed E-state index contributed by atoms with van der Waals surface area (Å²) >= 11 is 0. The maximum atomic E-state index is 11.9. The summed E-state index contributed by atoms with van der Waals surface area (Å²) in [5, 5.41) is 5.94. The van der Waals surface area contributed by atoms with Gasteiger partial charge in [0.05, 0.1) is 17.9 Å². The zero-order chi connectivity index (χ0) is 14.3. The number of anilines is 2. The van der Waals surface area contributed by atoms with Gasteiger partial charge in [-0.15, -0.1) is 0 Å². The van der Waals surface area contributed by atoms with Crippen LogP contribution in [0.25, 0.3) is 0 Å². The largest absolute Gasteiger partial charge is 0.326 e. The van der Waals surface area contributed by atoms with Gasteiger partial charge in [-0.05, 0) is 30.2 Å². The number of carbonyl (C=O) groups excluding carboxylic acids is 1. The minimum absolute atomic E-state index is 0.0154. The third-order valence-corrected chi connectivity index (χ3v) is 4.93. The van der Waals surface area contributed by atoms with Crippen LogP contribution in [0.4, 0.5) is 11.4 Å². The van der Waals surface area contributed by atoms with Crippen molar-refractivity contribution in [2.45, 2.75) is 6.42 Å². The highest BCUT2D eigenvalue weighted by molar-refractivity contribution is 7.92. The van der Waals surface area contributed by atoms with E-state index in [2.05, 4.69) is 10.6 Å². The minimum atomic E-state index is -3.22. The van der Waals surface area contributed by atoms with E-state index < -0.39 is 10.0 Å². The molecule has 1 aromatic carbocycles. The predicted octanol–water partition coefficient (Wildman–Crippen LogP) is 0.167. The molecular weight excluding hydrogens is 278 g/mol. The maximum Gasteiger partial charge on any atom is 0.232 e. The molecule has 0 unspecified atom stereocenters. The molecule has 1 aromatic rings. The van der Waals surface area contributed by atoms with E-state index >= 15 is 0 Å². The van der Waals surface area contributed by atoms with E-state index in [0.29, 0.717) is 13.0 Å². The standard InChI is InChI=1S/C13H17N3O3S/c1-20(18,19)16-5-4-9-6-11(2-3-12(9)16)15-13(17)10-7-14-8-10/h2-3,6,10,14H,4-5,7-8H2,1H3,(H,15,17). The van der Waals surface area contributed by atoms with E-state index in [1.807, 2.05) is 6.07 Å². The van der Waals surface area contributed by atoms with Crippen molar-refractivity contribution in [3.05, 3.63) is 23.8 Å². The number of rotatable bonds is 3. The average Bonchev–Trinajstić information content (AvgIpc) is 2.68. The van der Waals surface area contributed by atoms with Crippen LogP contribution in [0.1, 0.15) is 5.56 Å². The summed E-state index contributed by atoms with van der Waals surface area (Å²) in [4.78, 5) is 11.9. The van der Waals surface area contributed by atoms with Crippen LogP contribution >= 0.6 is 0 Å². The number of fused-ring (bicyclic) bond motifs is 1. The fourth-order valence-electron chi connectivity index (χ4n) is 2.51. The molecule has 0 saturated carbocycles. The first-order valence-corrected chi connectivity index (χ1v) is 8.42. The zero-order valence-electron chi connectivity index (χ0n) is 11.2. The Morgan fingerprint density at radius 3 is 2.75 bits per heavy atom. The van der Waals surface area contributed by atoms with E-state index in [1.54, 1.807) is 12.1 Å². The fraction of sp³-hybridized carbons (Fsp3) is 0.462. The summed E-state index contributed by atoms with van der Waals surface area (Å²) in [5.41, 5.74) is 2.41. The van der Waals surface area contributed by atoms with Gasteiger partial charge in [-0.1, -0.05) is 0 Å². The summed E-state index contributed by atoms with van der Waals surface area (Å²) in [6, 6.07) is 5.38. The van der Waals surface area contributed by atoms with E-state index in [0.717, 1.165) is 30.0 Å². The molecule has 0 aliphatic carbocycles.